The molecule has 2 aromatic rings. The smallest absolute Gasteiger partial charge is 0.263 e. The molecule has 2 fully saturated rings. The van der Waals surface area contributed by atoms with Gasteiger partial charge in [0.05, 0.1) is 16.5 Å². The van der Waals surface area contributed by atoms with Crippen LogP contribution in [0.5, 0.6) is 0 Å². The van der Waals surface area contributed by atoms with Crippen molar-refractivity contribution >= 4 is 35.8 Å². The maximum absolute atomic E-state index is 12.6. The highest BCUT2D eigenvalue weighted by molar-refractivity contribution is 8.58. The van der Waals surface area contributed by atoms with Gasteiger partial charge in [-0.3, -0.25) is 9.62 Å². The molecule has 0 aliphatic carbocycles. The Bertz CT molecular complexity index is 1110. The Balaban J connectivity index is 1.22. The standard InChI is InChI=1S/C23H26ClN3O3S2/c24-31(16-23(25-17-31)26-32(28,29)22-9-5-2-6-10-22)30-21-13-19-11-12-20(14-21)27(19)15-18-7-3-1-4-8-18/h1-10,16-17,19-21,26H,11-15H2. The van der Waals surface area contributed by atoms with Gasteiger partial charge in [0.1, 0.15) is 5.82 Å². The molecule has 3 atom stereocenters. The fourth-order valence-electron chi connectivity index (χ4n) is 4.80. The Labute approximate surface area is 195 Å². The van der Waals surface area contributed by atoms with E-state index in [0.717, 1.165) is 19.4 Å². The molecule has 3 aliphatic rings. The minimum Gasteiger partial charge on any atom is -0.310 e. The van der Waals surface area contributed by atoms with E-state index < -0.39 is 19.5 Å². The van der Waals surface area contributed by atoms with Gasteiger partial charge in [-0.1, -0.05) is 48.5 Å². The molecule has 5 rings (SSSR count). The molecule has 0 amide bonds. The van der Waals surface area contributed by atoms with Crippen LogP contribution in [0.15, 0.2) is 81.8 Å². The number of sulfonamides is 1. The molecule has 3 unspecified atom stereocenters. The van der Waals surface area contributed by atoms with Crippen LogP contribution < -0.4 is 4.72 Å². The van der Waals surface area contributed by atoms with Gasteiger partial charge in [0, 0.05) is 33.6 Å². The summed E-state index contributed by atoms with van der Waals surface area (Å²) in [6, 6.07) is 19.8. The third-order valence-corrected chi connectivity index (χ3v) is 9.83. The molecule has 0 aromatic heterocycles. The van der Waals surface area contributed by atoms with E-state index in [0.29, 0.717) is 12.1 Å². The number of fused-ring (bicyclic) bond motifs is 2. The largest absolute Gasteiger partial charge is 0.310 e. The molecule has 3 heterocycles. The SMILES string of the molecule is O=S(=O)(NC1=CS(Cl)(OC2CC3CCC(C2)N3Cc2ccccc2)C=N1)c1ccccc1. The first kappa shape index (κ1) is 22.0. The van der Waals surface area contributed by atoms with Crippen LogP contribution >= 0.6 is 20.2 Å². The Morgan fingerprint density at radius 3 is 2.31 bits per heavy atom. The highest BCUT2D eigenvalue weighted by Crippen LogP contribution is 2.59. The van der Waals surface area contributed by atoms with Crippen molar-refractivity contribution < 1.29 is 12.6 Å². The third-order valence-electron chi connectivity index (χ3n) is 6.23. The topological polar surface area (TPSA) is 71.0 Å². The van der Waals surface area contributed by atoms with Gasteiger partial charge in [0.15, 0.2) is 0 Å². The second-order valence-electron chi connectivity index (χ2n) is 8.46. The summed E-state index contributed by atoms with van der Waals surface area (Å²) in [5.41, 5.74) is 2.89. The van der Waals surface area contributed by atoms with Gasteiger partial charge in [-0.2, -0.15) is 0 Å². The Morgan fingerprint density at radius 2 is 1.66 bits per heavy atom. The van der Waals surface area contributed by atoms with Crippen LogP contribution in [0.2, 0.25) is 0 Å². The van der Waals surface area contributed by atoms with Crippen LogP contribution in [-0.4, -0.2) is 37.1 Å². The van der Waals surface area contributed by atoms with Gasteiger partial charge >= 0.3 is 0 Å². The minimum absolute atomic E-state index is 0.0415. The van der Waals surface area contributed by atoms with Crippen LogP contribution in [0.4, 0.5) is 0 Å². The maximum atomic E-state index is 12.6. The molecule has 2 saturated heterocycles. The predicted octanol–water partition coefficient (Wildman–Crippen LogP) is 4.89. The molecule has 0 spiro atoms. The van der Waals surface area contributed by atoms with E-state index >= 15 is 0 Å². The second kappa shape index (κ2) is 8.83. The third kappa shape index (κ3) is 4.75. The fourth-order valence-corrected chi connectivity index (χ4v) is 8.00. The fraction of sp³-hybridized carbons (Fsp3) is 0.348. The second-order valence-corrected chi connectivity index (χ2v) is 13.4. The highest BCUT2D eigenvalue weighted by Gasteiger charge is 2.43. The van der Waals surface area contributed by atoms with Crippen molar-refractivity contribution in [1.82, 2.24) is 9.62 Å². The average Bonchev–Trinajstić information content (AvgIpc) is 3.24. The number of benzene rings is 2. The molecule has 32 heavy (non-hydrogen) atoms. The quantitative estimate of drug-likeness (QED) is 0.598. The van der Waals surface area contributed by atoms with Crippen molar-refractivity contribution in [2.24, 2.45) is 4.99 Å². The molecule has 2 aromatic carbocycles. The zero-order valence-corrected chi connectivity index (χ0v) is 19.9. The molecule has 170 valence electrons. The van der Waals surface area contributed by atoms with E-state index in [9.17, 15) is 8.42 Å². The van der Waals surface area contributed by atoms with Gasteiger partial charge in [-0.05, 0) is 54.1 Å². The Morgan fingerprint density at radius 1 is 1.03 bits per heavy atom. The maximum Gasteiger partial charge on any atom is 0.263 e. The summed E-state index contributed by atoms with van der Waals surface area (Å²) in [5.74, 6) is 0.211. The number of hydrogen-bond donors (Lipinski definition) is 1. The number of piperidine rings is 1. The number of aliphatic imine (C=N–C) groups is 1. The van der Waals surface area contributed by atoms with Crippen molar-refractivity contribution in [3.05, 3.63) is 77.5 Å². The zero-order valence-electron chi connectivity index (χ0n) is 17.5. The van der Waals surface area contributed by atoms with E-state index in [1.54, 1.807) is 29.2 Å². The van der Waals surface area contributed by atoms with Gasteiger partial charge in [-0.15, -0.1) is 0 Å². The lowest BCUT2D eigenvalue weighted by Crippen LogP contribution is -2.44. The van der Waals surface area contributed by atoms with Gasteiger partial charge in [0.25, 0.3) is 10.0 Å². The summed E-state index contributed by atoms with van der Waals surface area (Å²) in [5, 5.41) is 1.62. The molecule has 6 nitrogen and oxygen atoms in total. The van der Waals surface area contributed by atoms with Crippen LogP contribution in [0, 0.1) is 0 Å². The van der Waals surface area contributed by atoms with Gasteiger partial charge in [0.2, 0.25) is 0 Å². The molecular formula is C23H26ClN3O3S2. The first-order valence-electron chi connectivity index (χ1n) is 10.7. The first-order chi connectivity index (χ1) is 15.4. The molecule has 2 bridgehead atoms. The van der Waals surface area contributed by atoms with E-state index in [1.165, 1.54) is 30.5 Å². The summed E-state index contributed by atoms with van der Waals surface area (Å²) in [6.07, 6.45) is 4.25. The van der Waals surface area contributed by atoms with Crippen molar-refractivity contribution in [3.63, 3.8) is 0 Å². The van der Waals surface area contributed by atoms with E-state index in [-0.39, 0.29) is 16.8 Å². The molecular weight excluding hydrogens is 466 g/mol. The van der Waals surface area contributed by atoms with E-state index in [1.807, 2.05) is 6.07 Å². The monoisotopic (exact) mass is 491 g/mol. The number of halogens is 1. The molecule has 9 heteroatoms. The molecule has 0 saturated carbocycles. The minimum atomic E-state index is -3.71. The van der Waals surface area contributed by atoms with Crippen molar-refractivity contribution in [2.45, 2.75) is 55.3 Å². The van der Waals surface area contributed by atoms with Gasteiger partial charge < -0.3 is 4.18 Å². The van der Waals surface area contributed by atoms with Crippen molar-refractivity contribution in [2.75, 3.05) is 0 Å². The number of nitrogens with one attached hydrogen (secondary N) is 1. The Hall–Kier alpha value is -1.84. The molecule has 3 aliphatic heterocycles. The summed E-state index contributed by atoms with van der Waals surface area (Å²) < 4.78 is 34.0. The summed E-state index contributed by atoms with van der Waals surface area (Å²) in [7, 11) is 0.802. The van der Waals surface area contributed by atoms with Crippen molar-refractivity contribution in [1.29, 1.82) is 0 Å². The van der Waals surface area contributed by atoms with Crippen LogP contribution in [0.1, 0.15) is 31.2 Å². The van der Waals surface area contributed by atoms with E-state index in [2.05, 4.69) is 38.9 Å². The lowest BCUT2D eigenvalue weighted by molar-refractivity contribution is 0.0543. The molecule has 1 N–H and O–H groups in total. The number of nitrogens with zero attached hydrogens (tertiary/aromatic N) is 2. The summed E-state index contributed by atoms with van der Waals surface area (Å²) in [6.45, 7) is 0.967. The van der Waals surface area contributed by atoms with Crippen LogP contribution in [-0.2, 0) is 20.8 Å². The zero-order chi connectivity index (χ0) is 22.2. The number of hydrogen-bond acceptors (Lipinski definition) is 5. The highest BCUT2D eigenvalue weighted by atomic mass is 35.7. The van der Waals surface area contributed by atoms with E-state index in [4.69, 9.17) is 14.9 Å². The summed E-state index contributed by atoms with van der Waals surface area (Å²) >= 11 is 0. The normalized spacial score (nSPS) is 31.8. The summed E-state index contributed by atoms with van der Waals surface area (Å²) in [4.78, 5) is 6.99. The van der Waals surface area contributed by atoms with Crippen molar-refractivity contribution in [3.8, 4) is 0 Å². The lowest BCUT2D eigenvalue weighted by atomic mass is 9.99. The van der Waals surface area contributed by atoms with Crippen LogP contribution in [0.25, 0.3) is 0 Å². The van der Waals surface area contributed by atoms with Gasteiger partial charge in [-0.25, -0.2) is 13.4 Å². The lowest BCUT2D eigenvalue weighted by Gasteiger charge is -2.40. The first-order valence-corrected chi connectivity index (χ1v) is 14.7. The number of rotatable bonds is 7. The predicted molar refractivity (Wildman–Crippen MR) is 130 cm³/mol. The Kier molecular flexibility index (Phi) is 6.07. The molecule has 0 radical (unpaired) electrons. The average molecular weight is 492 g/mol. The van der Waals surface area contributed by atoms with Crippen LogP contribution in [0.3, 0.4) is 0 Å².